The van der Waals surface area contributed by atoms with Crippen molar-refractivity contribution in [2.75, 3.05) is 19.6 Å². The van der Waals surface area contributed by atoms with Crippen molar-refractivity contribution in [3.63, 3.8) is 0 Å². The number of nitrogens with zero attached hydrogens (tertiary/aromatic N) is 5. The van der Waals surface area contributed by atoms with Crippen molar-refractivity contribution in [1.82, 2.24) is 30.1 Å². The highest BCUT2D eigenvalue weighted by molar-refractivity contribution is 7.08. The Kier molecular flexibility index (Phi) is 5.67. The van der Waals surface area contributed by atoms with E-state index >= 15 is 0 Å². The second kappa shape index (κ2) is 8.78. The zero-order chi connectivity index (χ0) is 22.9. The highest BCUT2D eigenvalue weighted by Gasteiger charge is 2.28. The van der Waals surface area contributed by atoms with E-state index in [0.717, 1.165) is 35.0 Å². The number of carbonyl (C=O) groups excluding carboxylic acids is 2. The van der Waals surface area contributed by atoms with Gasteiger partial charge in [-0.1, -0.05) is 17.3 Å². The fourth-order valence-corrected chi connectivity index (χ4v) is 4.87. The van der Waals surface area contributed by atoms with Gasteiger partial charge in [0.15, 0.2) is 0 Å². The molecule has 0 radical (unpaired) electrons. The minimum atomic E-state index is -0.225. The van der Waals surface area contributed by atoms with Crippen LogP contribution in [-0.4, -0.2) is 56.3 Å². The van der Waals surface area contributed by atoms with Gasteiger partial charge in [0.1, 0.15) is 0 Å². The number of aryl methyl sites for hydroxylation is 2. The van der Waals surface area contributed by atoms with Gasteiger partial charge in [-0.25, -0.2) is 0 Å². The molecule has 1 aromatic carbocycles. The van der Waals surface area contributed by atoms with Gasteiger partial charge < -0.3 is 14.7 Å². The molecule has 0 spiro atoms. The standard InChI is InChI=1S/C23H24N6O3S/c1-14-18-4-3-16(11-19(18)28(2)26-14)21-25-23(32-27-21)15-5-8-29(9-6-15)20(30)12-24-22(31)17-7-10-33-13-17/h3-4,7,10-11,13,15H,5-6,8-9,12H2,1-2H3,(H,24,31). The zero-order valence-corrected chi connectivity index (χ0v) is 19.3. The lowest BCUT2D eigenvalue weighted by molar-refractivity contribution is -0.131. The maximum atomic E-state index is 12.5. The molecule has 170 valence electrons. The van der Waals surface area contributed by atoms with Crippen LogP contribution in [-0.2, 0) is 11.8 Å². The molecule has 4 aromatic rings. The number of piperidine rings is 1. The Labute approximate surface area is 194 Å². The molecule has 0 bridgehead atoms. The summed E-state index contributed by atoms with van der Waals surface area (Å²) in [5.41, 5.74) is 3.47. The molecule has 2 amide bonds. The SMILES string of the molecule is Cc1nn(C)c2cc(-c3noc(C4CCN(C(=O)CNC(=O)c5ccsc5)CC4)n3)ccc12. The summed E-state index contributed by atoms with van der Waals surface area (Å²) in [6, 6.07) is 7.78. The monoisotopic (exact) mass is 464 g/mol. The predicted molar refractivity (Wildman–Crippen MR) is 124 cm³/mol. The van der Waals surface area contributed by atoms with Crippen LogP contribution in [0.3, 0.4) is 0 Å². The van der Waals surface area contributed by atoms with Gasteiger partial charge in [0.05, 0.1) is 17.8 Å². The van der Waals surface area contributed by atoms with Crippen molar-refractivity contribution >= 4 is 34.1 Å². The number of nitrogens with one attached hydrogen (secondary N) is 1. The fourth-order valence-electron chi connectivity index (χ4n) is 4.23. The summed E-state index contributed by atoms with van der Waals surface area (Å²) in [5.74, 6) is 0.961. The highest BCUT2D eigenvalue weighted by atomic mass is 32.1. The maximum Gasteiger partial charge on any atom is 0.252 e. The Hall–Kier alpha value is -3.53. The summed E-state index contributed by atoms with van der Waals surface area (Å²) in [6.07, 6.45) is 1.48. The van der Waals surface area contributed by atoms with E-state index in [1.165, 1.54) is 11.3 Å². The number of rotatable bonds is 5. The van der Waals surface area contributed by atoms with Crippen LogP contribution in [0.15, 0.2) is 39.5 Å². The average molecular weight is 465 g/mol. The first-order valence-electron chi connectivity index (χ1n) is 10.8. The summed E-state index contributed by atoms with van der Waals surface area (Å²) in [6.45, 7) is 3.18. The minimum absolute atomic E-state index is 0.0000158. The lowest BCUT2D eigenvalue weighted by Crippen LogP contribution is -2.43. The molecule has 10 heteroatoms. The van der Waals surface area contributed by atoms with Crippen LogP contribution in [0.2, 0.25) is 0 Å². The molecule has 5 rings (SSSR count). The number of aromatic nitrogens is 4. The largest absolute Gasteiger partial charge is 0.343 e. The van der Waals surface area contributed by atoms with Crippen LogP contribution in [0.4, 0.5) is 0 Å². The Morgan fingerprint density at radius 3 is 2.82 bits per heavy atom. The number of likely N-dealkylation sites (tertiary alicyclic amines) is 1. The van der Waals surface area contributed by atoms with Gasteiger partial charge in [0.25, 0.3) is 5.91 Å². The van der Waals surface area contributed by atoms with Crippen molar-refractivity contribution in [2.24, 2.45) is 7.05 Å². The Bertz CT molecular complexity index is 1300. The molecule has 0 saturated carbocycles. The molecule has 9 nitrogen and oxygen atoms in total. The molecule has 3 aromatic heterocycles. The molecular formula is C23H24N6O3S. The zero-order valence-electron chi connectivity index (χ0n) is 18.4. The predicted octanol–water partition coefficient (Wildman–Crippen LogP) is 3.13. The first-order chi connectivity index (χ1) is 16.0. The van der Waals surface area contributed by atoms with Gasteiger partial charge in [-0.3, -0.25) is 14.3 Å². The summed E-state index contributed by atoms with van der Waals surface area (Å²) >= 11 is 1.45. The summed E-state index contributed by atoms with van der Waals surface area (Å²) in [4.78, 5) is 30.9. The number of hydrogen-bond donors (Lipinski definition) is 1. The third-order valence-electron chi connectivity index (χ3n) is 6.12. The van der Waals surface area contributed by atoms with E-state index < -0.39 is 0 Å². The van der Waals surface area contributed by atoms with Crippen LogP contribution in [0, 0.1) is 6.92 Å². The first-order valence-corrected chi connectivity index (χ1v) is 11.8. The molecule has 4 heterocycles. The van der Waals surface area contributed by atoms with Crippen LogP contribution >= 0.6 is 11.3 Å². The molecule has 1 saturated heterocycles. The lowest BCUT2D eigenvalue weighted by Gasteiger charge is -2.30. The molecule has 0 unspecified atom stereocenters. The Morgan fingerprint density at radius 2 is 2.06 bits per heavy atom. The average Bonchev–Trinajstić information content (AvgIpc) is 3.59. The molecule has 0 atom stereocenters. The van der Waals surface area contributed by atoms with Gasteiger partial charge in [-0.05, 0) is 37.3 Å². The molecule has 1 aliphatic rings. The highest BCUT2D eigenvalue weighted by Crippen LogP contribution is 2.30. The van der Waals surface area contributed by atoms with Crippen LogP contribution in [0.25, 0.3) is 22.3 Å². The molecule has 1 aliphatic heterocycles. The first kappa shape index (κ1) is 21.3. The van der Waals surface area contributed by atoms with Crippen molar-refractivity contribution in [2.45, 2.75) is 25.7 Å². The minimum Gasteiger partial charge on any atom is -0.343 e. The summed E-state index contributed by atoms with van der Waals surface area (Å²) < 4.78 is 7.43. The van der Waals surface area contributed by atoms with Crippen LogP contribution < -0.4 is 5.32 Å². The van der Waals surface area contributed by atoms with Crippen LogP contribution in [0.5, 0.6) is 0 Å². The third-order valence-corrected chi connectivity index (χ3v) is 6.80. The Balaban J connectivity index is 1.18. The van der Waals surface area contributed by atoms with E-state index in [1.54, 1.807) is 16.3 Å². The third kappa shape index (κ3) is 4.25. The number of hydrogen-bond acceptors (Lipinski definition) is 7. The topological polar surface area (TPSA) is 106 Å². The van der Waals surface area contributed by atoms with Crippen LogP contribution in [0.1, 0.15) is 40.7 Å². The number of amides is 2. The molecular weight excluding hydrogens is 440 g/mol. The lowest BCUT2D eigenvalue weighted by atomic mass is 9.96. The fraction of sp³-hybridized carbons (Fsp3) is 0.348. The van der Waals surface area contributed by atoms with Crippen molar-refractivity contribution in [1.29, 1.82) is 0 Å². The van der Waals surface area contributed by atoms with Gasteiger partial charge in [0.2, 0.25) is 17.6 Å². The second-order valence-electron chi connectivity index (χ2n) is 8.25. The molecule has 1 fully saturated rings. The van der Waals surface area contributed by atoms with E-state index in [0.29, 0.717) is 30.4 Å². The van der Waals surface area contributed by atoms with Gasteiger partial charge >= 0.3 is 0 Å². The van der Waals surface area contributed by atoms with E-state index in [-0.39, 0.29) is 24.3 Å². The van der Waals surface area contributed by atoms with Gasteiger partial charge in [0, 0.05) is 47.9 Å². The van der Waals surface area contributed by atoms with Crippen molar-refractivity contribution in [3.8, 4) is 11.4 Å². The van der Waals surface area contributed by atoms with E-state index in [9.17, 15) is 9.59 Å². The quantitative estimate of drug-likeness (QED) is 0.486. The number of carbonyl (C=O) groups is 2. The Morgan fingerprint density at radius 1 is 1.24 bits per heavy atom. The molecule has 0 aliphatic carbocycles. The van der Waals surface area contributed by atoms with E-state index in [2.05, 4.69) is 20.6 Å². The van der Waals surface area contributed by atoms with Crippen molar-refractivity contribution < 1.29 is 14.1 Å². The number of benzene rings is 1. The van der Waals surface area contributed by atoms with E-state index in [4.69, 9.17) is 4.52 Å². The smallest absolute Gasteiger partial charge is 0.252 e. The summed E-state index contributed by atoms with van der Waals surface area (Å²) in [7, 11) is 1.92. The number of fused-ring (bicyclic) bond motifs is 1. The van der Waals surface area contributed by atoms with Gasteiger partial charge in [-0.15, -0.1) is 0 Å². The maximum absolute atomic E-state index is 12.5. The van der Waals surface area contributed by atoms with Gasteiger partial charge in [-0.2, -0.15) is 21.4 Å². The summed E-state index contributed by atoms with van der Waals surface area (Å²) in [5, 5.41) is 16.0. The van der Waals surface area contributed by atoms with Crippen molar-refractivity contribution in [3.05, 3.63) is 52.2 Å². The second-order valence-corrected chi connectivity index (χ2v) is 9.03. The van der Waals surface area contributed by atoms with E-state index in [1.807, 2.05) is 42.2 Å². The number of thiophene rings is 1. The normalized spacial score (nSPS) is 14.7. The molecule has 33 heavy (non-hydrogen) atoms. The molecule has 1 N–H and O–H groups in total.